The van der Waals surface area contributed by atoms with Crippen LogP contribution in [0.2, 0.25) is 19.6 Å². The lowest BCUT2D eigenvalue weighted by Crippen LogP contribution is -2.49. The van der Waals surface area contributed by atoms with E-state index in [2.05, 4.69) is 88.2 Å². The molecule has 4 aromatic rings. The van der Waals surface area contributed by atoms with E-state index in [-0.39, 0.29) is 5.41 Å². The molecular weight excluding hydrogens is 396 g/mol. The van der Waals surface area contributed by atoms with Crippen molar-refractivity contribution in [1.82, 2.24) is 0 Å². The molecule has 0 fully saturated rings. The van der Waals surface area contributed by atoms with E-state index in [0.717, 1.165) is 27.6 Å². The van der Waals surface area contributed by atoms with Gasteiger partial charge in [-0.05, 0) is 23.5 Å². The van der Waals surface area contributed by atoms with Gasteiger partial charge >= 0.3 is 0 Å². The summed E-state index contributed by atoms with van der Waals surface area (Å²) in [6, 6.07) is 12.5. The molecule has 0 atom stereocenters. The molecule has 0 saturated heterocycles. The summed E-state index contributed by atoms with van der Waals surface area (Å²) in [4.78, 5) is 3.68. The molecule has 0 saturated carbocycles. The number of aromatic nitrogens is 1. The largest absolute Gasteiger partial charge is 0.466 e. The number of aryl methyl sites for hydroxylation is 2. The molecule has 0 N–H and O–H groups in total. The van der Waals surface area contributed by atoms with Gasteiger partial charge in [-0.3, -0.25) is 0 Å². The molecule has 31 heavy (non-hydrogen) atoms. The van der Waals surface area contributed by atoms with E-state index in [4.69, 9.17) is 11.0 Å². The van der Waals surface area contributed by atoms with Crippen molar-refractivity contribution in [2.75, 3.05) is 0 Å². The predicted octanol–water partition coefficient (Wildman–Crippen LogP) is 6.78. The van der Waals surface area contributed by atoms with E-state index in [1.54, 1.807) is 0 Å². The third-order valence-electron chi connectivity index (χ3n) is 6.12. The number of hydrogen-bond donors (Lipinski definition) is 0. The van der Waals surface area contributed by atoms with Gasteiger partial charge in [0, 0.05) is 22.0 Å². The Balaban J connectivity index is 2.12. The first-order valence-corrected chi connectivity index (χ1v) is 14.3. The zero-order valence-corrected chi connectivity index (χ0v) is 20.8. The van der Waals surface area contributed by atoms with Gasteiger partial charge in [0.1, 0.15) is 18.2 Å². The summed E-state index contributed by atoms with van der Waals surface area (Å²) in [7, 11) is 0.609. The lowest BCUT2D eigenvalue weighted by Gasteiger charge is -2.28. The van der Waals surface area contributed by atoms with Crippen molar-refractivity contribution in [3.63, 3.8) is 0 Å². The van der Waals surface area contributed by atoms with Crippen LogP contribution in [0.1, 0.15) is 31.9 Å². The minimum atomic E-state index is -1.53. The molecule has 0 radical (unpaired) electrons. The van der Waals surface area contributed by atoms with Crippen LogP contribution in [0.4, 0.5) is 5.69 Å². The highest BCUT2D eigenvalue weighted by atomic mass is 28.3. The molecule has 158 valence electrons. The minimum absolute atomic E-state index is 0.0472. The van der Waals surface area contributed by atoms with Gasteiger partial charge in [0.2, 0.25) is 11.4 Å². The maximum atomic E-state index is 7.54. The van der Waals surface area contributed by atoms with Gasteiger partial charge < -0.3 is 4.42 Å². The number of furan rings is 1. The van der Waals surface area contributed by atoms with Gasteiger partial charge in [-0.1, -0.05) is 70.7 Å². The van der Waals surface area contributed by atoms with Crippen LogP contribution < -0.4 is 9.75 Å². The Morgan fingerprint density at radius 1 is 1.00 bits per heavy atom. The quantitative estimate of drug-likeness (QED) is 0.196. The summed E-state index contributed by atoms with van der Waals surface area (Å²) in [6.07, 6.45) is 2.34. The summed E-state index contributed by atoms with van der Waals surface area (Å²) in [5, 5.41) is 3.56. The summed E-state index contributed by atoms with van der Waals surface area (Å²) < 4.78 is 8.66. The molecule has 0 aliphatic heterocycles. The first kappa shape index (κ1) is 21.3. The minimum Gasteiger partial charge on any atom is -0.466 e. The number of hydrogen-bond acceptors (Lipinski definition) is 1. The second kappa shape index (κ2) is 7.07. The van der Waals surface area contributed by atoms with E-state index in [1.807, 2.05) is 18.2 Å². The third-order valence-corrected chi connectivity index (χ3v) is 8.14. The Morgan fingerprint density at radius 3 is 2.29 bits per heavy atom. The molecule has 2 aromatic carbocycles. The topological polar surface area (TPSA) is 21.4 Å². The summed E-state index contributed by atoms with van der Waals surface area (Å²) in [5.74, 6) is 0. The van der Waals surface area contributed by atoms with Crippen molar-refractivity contribution >= 4 is 40.9 Å². The van der Waals surface area contributed by atoms with E-state index >= 15 is 0 Å². The van der Waals surface area contributed by atoms with Crippen LogP contribution in [-0.4, -0.2) is 8.07 Å². The molecule has 2 aromatic heterocycles. The number of rotatable bonds is 2. The lowest BCUT2D eigenvalue weighted by molar-refractivity contribution is -0.659. The highest BCUT2D eigenvalue weighted by Crippen LogP contribution is 2.40. The monoisotopic (exact) mass is 427 g/mol. The fourth-order valence-corrected chi connectivity index (χ4v) is 6.30. The standard InChI is InChI=1S/C27H31N2OSi/c1-17-13-14-19-18-11-10-12-21(28-5)25(18)30-26(19)24(17)22-15-20(27(2,3)4)23(16-29(22)6)31(7,8)9/h10-16H,1-4,6-9H3/q+1. The SMILES string of the molecule is [C-]#[N+]c1cccc2c1oc1c(-c3cc(C(C)(C)C)c([Si](C)(C)C)c[n+]3C)c(C)ccc12. The zero-order valence-electron chi connectivity index (χ0n) is 19.8. The van der Waals surface area contributed by atoms with Crippen molar-refractivity contribution in [3.05, 3.63) is 65.1 Å². The molecule has 4 rings (SSSR count). The van der Waals surface area contributed by atoms with Crippen LogP contribution in [0.25, 0.3) is 38.0 Å². The first-order valence-electron chi connectivity index (χ1n) is 10.8. The lowest BCUT2D eigenvalue weighted by atomic mass is 9.86. The highest BCUT2D eigenvalue weighted by molar-refractivity contribution is 6.89. The smallest absolute Gasteiger partial charge is 0.229 e. The number of benzene rings is 2. The van der Waals surface area contributed by atoms with Crippen LogP contribution in [-0.2, 0) is 12.5 Å². The number of pyridine rings is 1. The Morgan fingerprint density at radius 2 is 1.68 bits per heavy atom. The van der Waals surface area contributed by atoms with Crippen molar-refractivity contribution in [1.29, 1.82) is 0 Å². The van der Waals surface area contributed by atoms with Gasteiger partial charge in [-0.15, -0.1) is 0 Å². The van der Waals surface area contributed by atoms with E-state index in [9.17, 15) is 0 Å². The Bertz CT molecular complexity index is 1380. The molecule has 0 bridgehead atoms. The Kier molecular flexibility index (Phi) is 4.86. The predicted molar refractivity (Wildman–Crippen MR) is 133 cm³/mol. The van der Waals surface area contributed by atoms with Gasteiger partial charge in [0.15, 0.2) is 6.20 Å². The maximum absolute atomic E-state index is 7.54. The Labute approximate surface area is 186 Å². The molecule has 0 aliphatic rings. The van der Waals surface area contributed by atoms with Crippen LogP contribution in [0.15, 0.2) is 47.0 Å². The van der Waals surface area contributed by atoms with E-state index in [0.29, 0.717) is 11.3 Å². The van der Waals surface area contributed by atoms with Crippen molar-refractivity contribution in [2.24, 2.45) is 7.05 Å². The van der Waals surface area contributed by atoms with E-state index < -0.39 is 8.07 Å². The Hall–Kier alpha value is -2.90. The fourth-order valence-electron chi connectivity index (χ4n) is 4.47. The van der Waals surface area contributed by atoms with Gasteiger partial charge in [0.05, 0.1) is 20.2 Å². The average Bonchev–Trinajstić information content (AvgIpc) is 3.05. The van der Waals surface area contributed by atoms with Crippen molar-refractivity contribution in [3.8, 4) is 11.3 Å². The molecule has 3 nitrogen and oxygen atoms in total. The first-order chi connectivity index (χ1) is 14.4. The molecule has 0 spiro atoms. The van der Waals surface area contributed by atoms with Gasteiger partial charge in [-0.2, -0.15) is 0 Å². The van der Waals surface area contributed by atoms with E-state index in [1.165, 1.54) is 16.3 Å². The third kappa shape index (κ3) is 3.47. The zero-order chi connectivity index (χ0) is 22.7. The molecule has 0 amide bonds. The highest BCUT2D eigenvalue weighted by Gasteiger charge is 2.32. The van der Waals surface area contributed by atoms with Crippen molar-refractivity contribution in [2.45, 2.75) is 52.8 Å². The second-order valence-corrected chi connectivity index (χ2v) is 15.6. The number of nitrogens with zero attached hydrogens (tertiary/aromatic N) is 2. The summed E-state index contributed by atoms with van der Waals surface area (Å²) >= 11 is 0. The molecule has 2 heterocycles. The molecular formula is C27H31N2OSi+. The van der Waals surface area contributed by atoms with Gasteiger partial charge in [-0.25, -0.2) is 9.41 Å². The van der Waals surface area contributed by atoms with Crippen LogP contribution >= 0.6 is 0 Å². The molecule has 0 unspecified atom stereocenters. The molecule has 4 heteroatoms. The van der Waals surface area contributed by atoms with Crippen LogP contribution in [0.5, 0.6) is 0 Å². The maximum Gasteiger partial charge on any atom is 0.229 e. The molecule has 0 aliphatic carbocycles. The summed E-state index contributed by atoms with van der Waals surface area (Å²) in [6.45, 7) is 23.8. The van der Waals surface area contributed by atoms with Crippen molar-refractivity contribution < 1.29 is 8.98 Å². The second-order valence-electron chi connectivity index (χ2n) is 10.6. The average molecular weight is 428 g/mol. The van der Waals surface area contributed by atoms with Gasteiger partial charge in [0.25, 0.3) is 0 Å². The fraction of sp³-hybridized carbons (Fsp3) is 0.333. The summed E-state index contributed by atoms with van der Waals surface area (Å²) in [5.41, 5.74) is 7.00. The normalized spacial score (nSPS) is 12.5. The number of fused-ring (bicyclic) bond motifs is 3. The van der Waals surface area contributed by atoms with Crippen LogP contribution in [0, 0.1) is 13.5 Å². The van der Waals surface area contributed by atoms with Crippen LogP contribution in [0.3, 0.4) is 0 Å². The number of para-hydroxylation sites is 1.